The molecule has 0 spiro atoms. The largest absolute Gasteiger partial charge is 0.508 e. The molecule has 10 N–H and O–H groups in total. The molecule has 1 aliphatic carbocycles. The van der Waals surface area contributed by atoms with Crippen LogP contribution in [0.1, 0.15) is 90.5 Å². The monoisotopic (exact) mass is 836 g/mol. The number of aliphatic carboxylic acids is 3. The molecule has 0 saturated heterocycles. The van der Waals surface area contributed by atoms with Gasteiger partial charge < -0.3 is 52.3 Å². The summed E-state index contributed by atoms with van der Waals surface area (Å²) in [6, 6.07) is -2.91. The maximum Gasteiger partial charge on any atom is 0.327 e. The minimum Gasteiger partial charge on any atom is -0.508 e. The normalized spacial score (nSPS) is 15.9. The number of rotatable bonds is 24. The molecule has 58 heavy (non-hydrogen) atoms. The minimum absolute atomic E-state index is 0.00867. The van der Waals surface area contributed by atoms with Gasteiger partial charge in [0.25, 0.3) is 0 Å². The molecule has 0 radical (unpaired) electrons. The molecular weight excluding hydrogens is 781 g/mol. The first kappa shape index (κ1) is 48.7. The Hall–Kier alpha value is -5.40. The van der Waals surface area contributed by atoms with E-state index in [-0.39, 0.29) is 42.6 Å². The Morgan fingerprint density at radius 3 is 1.69 bits per heavy atom. The summed E-state index contributed by atoms with van der Waals surface area (Å²) in [6.45, 7) is 4.56. The molecule has 1 aromatic carbocycles. The summed E-state index contributed by atoms with van der Waals surface area (Å²) < 4.78 is 0. The Labute approximate surface area is 341 Å². The van der Waals surface area contributed by atoms with Crippen LogP contribution in [0, 0.1) is 11.8 Å². The Kier molecular flexibility index (Phi) is 20.5. The summed E-state index contributed by atoms with van der Waals surface area (Å²) in [6.07, 6.45) is 2.48. The van der Waals surface area contributed by atoms with Crippen molar-refractivity contribution in [2.24, 2.45) is 11.8 Å². The molecule has 0 aliphatic heterocycles. The fraction of sp³-hybridized carbons (Fsp3) is 0.605. The van der Waals surface area contributed by atoms with Gasteiger partial charge in [0.2, 0.25) is 35.4 Å². The highest BCUT2D eigenvalue weighted by Gasteiger charge is 2.35. The number of thiol groups is 1. The van der Waals surface area contributed by atoms with E-state index in [1.807, 2.05) is 0 Å². The standard InChI is InChI=1S/C38H56N6O13S/c1-20(2)15-26(41-35(53)28(17-23-9-11-24(46)12-10-23)43-37(55)29(18-32(49)50)39-21(3)45)34(52)40-25(13-14-31(47)48)33(51)42-27(16-22-7-5-4-6-8-22)36(54)44-30(19-58)38(56)57/h9-12,20,22,25-30,46,58H,4-8,13-19H2,1-3H3,(H,39,45)(H,40,52)(H,41,53)(H,42,51)(H,43,55)(H,44,54)(H,47,48)(H,49,50)(H,56,57)/t25-,26-,27-,28+,29-,30-/m0/s1. The van der Waals surface area contributed by atoms with Crippen LogP contribution in [0.2, 0.25) is 0 Å². The van der Waals surface area contributed by atoms with Crippen LogP contribution in [-0.2, 0) is 49.6 Å². The molecule has 6 atom stereocenters. The van der Waals surface area contributed by atoms with E-state index >= 15 is 0 Å². The zero-order valence-corrected chi connectivity index (χ0v) is 33.7. The van der Waals surface area contributed by atoms with E-state index < -0.39 is 109 Å². The lowest BCUT2D eigenvalue weighted by molar-refractivity contribution is -0.142. The van der Waals surface area contributed by atoms with Crippen molar-refractivity contribution >= 4 is 66.0 Å². The van der Waals surface area contributed by atoms with Gasteiger partial charge in [-0.2, -0.15) is 12.6 Å². The summed E-state index contributed by atoms with van der Waals surface area (Å²) in [7, 11) is 0. The predicted octanol–water partition coefficient (Wildman–Crippen LogP) is 0.234. The molecule has 20 heteroatoms. The van der Waals surface area contributed by atoms with Crippen molar-refractivity contribution in [2.75, 3.05) is 5.75 Å². The minimum atomic E-state index is -1.56. The first-order valence-corrected chi connectivity index (χ1v) is 19.8. The van der Waals surface area contributed by atoms with Crippen LogP contribution in [0.25, 0.3) is 0 Å². The first-order valence-electron chi connectivity index (χ1n) is 19.1. The average Bonchev–Trinajstić information content (AvgIpc) is 3.14. The van der Waals surface area contributed by atoms with Gasteiger partial charge in [-0.1, -0.05) is 58.1 Å². The van der Waals surface area contributed by atoms with Crippen molar-refractivity contribution in [3.05, 3.63) is 29.8 Å². The summed E-state index contributed by atoms with van der Waals surface area (Å²) in [4.78, 5) is 115. The van der Waals surface area contributed by atoms with Crippen LogP contribution in [-0.4, -0.2) is 116 Å². The van der Waals surface area contributed by atoms with Crippen molar-refractivity contribution < 1.29 is 63.6 Å². The highest BCUT2D eigenvalue weighted by Crippen LogP contribution is 2.27. The van der Waals surface area contributed by atoms with E-state index in [2.05, 4.69) is 44.5 Å². The average molecular weight is 837 g/mol. The van der Waals surface area contributed by atoms with Gasteiger partial charge >= 0.3 is 17.9 Å². The fourth-order valence-corrected chi connectivity index (χ4v) is 6.73. The van der Waals surface area contributed by atoms with Gasteiger partial charge in [0.05, 0.1) is 6.42 Å². The lowest BCUT2D eigenvalue weighted by atomic mass is 9.84. The van der Waals surface area contributed by atoms with E-state index in [0.717, 1.165) is 39.0 Å². The molecule has 1 saturated carbocycles. The molecule has 0 unspecified atom stereocenters. The molecule has 2 rings (SSSR count). The number of carboxylic acid groups (broad SMARTS) is 3. The lowest BCUT2D eigenvalue weighted by Crippen LogP contribution is -2.60. The summed E-state index contributed by atoms with van der Waals surface area (Å²) in [5.74, 6) is -9.83. The van der Waals surface area contributed by atoms with Gasteiger partial charge in [-0.3, -0.25) is 38.4 Å². The molecule has 322 valence electrons. The molecule has 0 aromatic heterocycles. The van der Waals surface area contributed by atoms with E-state index in [9.17, 15) is 63.6 Å². The molecule has 19 nitrogen and oxygen atoms in total. The zero-order chi connectivity index (χ0) is 43.5. The number of phenolic OH excluding ortho intramolecular Hbond substituents is 1. The number of benzene rings is 1. The molecule has 0 heterocycles. The molecule has 1 aromatic rings. The first-order chi connectivity index (χ1) is 27.3. The smallest absolute Gasteiger partial charge is 0.327 e. The van der Waals surface area contributed by atoms with Gasteiger partial charge in [-0.25, -0.2) is 4.79 Å². The fourth-order valence-electron chi connectivity index (χ4n) is 6.48. The number of carbonyl (C=O) groups excluding carboxylic acids is 6. The lowest BCUT2D eigenvalue weighted by Gasteiger charge is -2.29. The maximum absolute atomic E-state index is 13.9. The van der Waals surface area contributed by atoms with E-state index in [4.69, 9.17) is 0 Å². The third-order valence-corrected chi connectivity index (χ3v) is 9.79. The topological polar surface area (TPSA) is 307 Å². The van der Waals surface area contributed by atoms with Gasteiger partial charge in [0, 0.05) is 25.5 Å². The molecule has 1 fully saturated rings. The summed E-state index contributed by atoms with van der Waals surface area (Å²) in [5.41, 5.74) is 0.443. The van der Waals surface area contributed by atoms with Crippen molar-refractivity contribution in [3.8, 4) is 5.75 Å². The van der Waals surface area contributed by atoms with E-state index in [0.29, 0.717) is 5.56 Å². The second-order valence-electron chi connectivity index (χ2n) is 14.8. The summed E-state index contributed by atoms with van der Waals surface area (Å²) >= 11 is 3.99. The van der Waals surface area contributed by atoms with Gasteiger partial charge in [-0.15, -0.1) is 0 Å². The van der Waals surface area contributed by atoms with Crippen LogP contribution >= 0.6 is 12.6 Å². The zero-order valence-electron chi connectivity index (χ0n) is 32.8. The Morgan fingerprint density at radius 2 is 1.16 bits per heavy atom. The quantitative estimate of drug-likeness (QED) is 0.0623. The number of hydrogen-bond donors (Lipinski definition) is 11. The van der Waals surface area contributed by atoms with Gasteiger partial charge in [0.1, 0.15) is 42.0 Å². The number of amides is 6. The highest BCUT2D eigenvalue weighted by molar-refractivity contribution is 7.80. The van der Waals surface area contributed by atoms with E-state index in [1.165, 1.54) is 24.3 Å². The molecule has 6 amide bonds. The van der Waals surface area contributed by atoms with Crippen molar-refractivity contribution in [2.45, 2.75) is 128 Å². The third-order valence-electron chi connectivity index (χ3n) is 9.43. The second kappa shape index (κ2) is 24.4. The Morgan fingerprint density at radius 1 is 0.655 bits per heavy atom. The van der Waals surface area contributed by atoms with Gasteiger partial charge in [-0.05, 0) is 48.8 Å². The number of nitrogens with one attached hydrogen (secondary N) is 6. The maximum atomic E-state index is 13.9. The van der Waals surface area contributed by atoms with Gasteiger partial charge in [0.15, 0.2) is 0 Å². The molecule has 0 bridgehead atoms. The number of phenols is 1. The van der Waals surface area contributed by atoms with E-state index in [1.54, 1.807) is 13.8 Å². The SMILES string of the molecule is CC(=O)N[C@@H](CC(=O)O)C(=O)N[C@H](Cc1ccc(O)cc1)C(=O)N[C@@H](CC(C)C)C(=O)N[C@@H](CCC(=O)O)C(=O)N[C@@H](CC1CCCCC1)C(=O)N[C@@H](CS)C(=O)O. The second-order valence-corrected chi connectivity index (χ2v) is 15.2. The number of carboxylic acids is 3. The predicted molar refractivity (Wildman–Crippen MR) is 210 cm³/mol. The van der Waals surface area contributed by atoms with Crippen molar-refractivity contribution in [3.63, 3.8) is 0 Å². The van der Waals surface area contributed by atoms with Crippen molar-refractivity contribution in [1.29, 1.82) is 0 Å². The Balaban J connectivity index is 2.41. The number of hydrogen-bond acceptors (Lipinski definition) is 11. The molecule has 1 aliphatic rings. The number of carbonyl (C=O) groups is 9. The van der Waals surface area contributed by atoms with Crippen molar-refractivity contribution in [1.82, 2.24) is 31.9 Å². The highest BCUT2D eigenvalue weighted by atomic mass is 32.1. The number of aromatic hydroxyl groups is 1. The third kappa shape index (κ3) is 17.8. The Bertz CT molecular complexity index is 1600. The summed E-state index contributed by atoms with van der Waals surface area (Å²) in [5, 5.41) is 52.7. The van der Waals surface area contributed by atoms with Crippen LogP contribution in [0.3, 0.4) is 0 Å². The van der Waals surface area contributed by atoms with Crippen LogP contribution in [0.4, 0.5) is 0 Å². The van der Waals surface area contributed by atoms with Crippen LogP contribution in [0.5, 0.6) is 5.75 Å². The van der Waals surface area contributed by atoms with Crippen LogP contribution in [0.15, 0.2) is 24.3 Å². The molecular formula is C38H56N6O13S. The van der Waals surface area contributed by atoms with Crippen LogP contribution < -0.4 is 31.9 Å².